The molecule has 1 aromatic carbocycles. The summed E-state index contributed by atoms with van der Waals surface area (Å²) in [6, 6.07) is 11.2. The summed E-state index contributed by atoms with van der Waals surface area (Å²) in [6.07, 6.45) is 1.70. The lowest BCUT2D eigenvalue weighted by molar-refractivity contribution is 0.0696. The number of benzene rings is 1. The van der Waals surface area contributed by atoms with Crippen molar-refractivity contribution in [1.29, 1.82) is 0 Å². The second-order valence-corrected chi connectivity index (χ2v) is 5.69. The molecule has 2 rings (SSSR count). The molecule has 0 aliphatic heterocycles. The molecule has 2 aromatic rings. The number of carbonyl (C=O) groups is 1. The Balaban J connectivity index is 2.16. The fourth-order valence-corrected chi connectivity index (χ4v) is 2.47. The summed E-state index contributed by atoms with van der Waals surface area (Å²) in [6.45, 7) is 2.64. The van der Waals surface area contributed by atoms with E-state index in [2.05, 4.69) is 26.2 Å². The van der Waals surface area contributed by atoms with Gasteiger partial charge in [0, 0.05) is 16.7 Å². The Morgan fingerprint density at radius 1 is 1.33 bits per heavy atom. The van der Waals surface area contributed by atoms with Crippen molar-refractivity contribution in [3.8, 4) is 0 Å². The van der Waals surface area contributed by atoms with Gasteiger partial charge in [0.25, 0.3) is 0 Å². The van der Waals surface area contributed by atoms with Crippen LogP contribution < -0.4 is 5.32 Å². The predicted octanol–water partition coefficient (Wildman–Crippen LogP) is 4.11. The summed E-state index contributed by atoms with van der Waals surface area (Å²) in [5, 5.41) is 12.3. The Morgan fingerprint density at radius 3 is 2.81 bits per heavy atom. The van der Waals surface area contributed by atoms with E-state index in [4.69, 9.17) is 5.11 Å². The predicted molar refractivity (Wildman–Crippen MR) is 86.7 cm³/mol. The number of rotatable bonds is 6. The van der Waals surface area contributed by atoms with Crippen molar-refractivity contribution in [3.63, 3.8) is 0 Å². The Kier molecular flexibility index (Phi) is 5.33. The summed E-state index contributed by atoms with van der Waals surface area (Å²) in [7, 11) is 0. The van der Waals surface area contributed by atoms with Gasteiger partial charge in [-0.25, -0.2) is 9.78 Å². The van der Waals surface area contributed by atoms with Crippen LogP contribution in [-0.2, 0) is 13.0 Å². The van der Waals surface area contributed by atoms with Crippen LogP contribution in [0.5, 0.6) is 0 Å². The lowest BCUT2D eigenvalue weighted by Gasteiger charge is -2.09. The van der Waals surface area contributed by atoms with Crippen molar-refractivity contribution in [2.45, 2.75) is 26.3 Å². The molecule has 0 saturated carbocycles. The molecule has 21 heavy (non-hydrogen) atoms. The number of carboxylic acids is 1. The normalized spacial score (nSPS) is 10.4. The second kappa shape index (κ2) is 7.22. The van der Waals surface area contributed by atoms with Crippen LogP contribution in [0.25, 0.3) is 0 Å². The van der Waals surface area contributed by atoms with Gasteiger partial charge in [0.05, 0.1) is 5.56 Å². The van der Waals surface area contributed by atoms with E-state index in [1.54, 1.807) is 12.1 Å². The number of aromatic carboxylic acids is 1. The van der Waals surface area contributed by atoms with Crippen LogP contribution >= 0.6 is 15.9 Å². The van der Waals surface area contributed by atoms with Gasteiger partial charge in [-0.3, -0.25) is 0 Å². The molecule has 0 aliphatic carbocycles. The van der Waals surface area contributed by atoms with Gasteiger partial charge in [0.2, 0.25) is 0 Å². The van der Waals surface area contributed by atoms with E-state index in [0.717, 1.165) is 28.6 Å². The van der Waals surface area contributed by atoms with Gasteiger partial charge in [-0.15, -0.1) is 0 Å². The van der Waals surface area contributed by atoms with Crippen molar-refractivity contribution in [2.24, 2.45) is 0 Å². The van der Waals surface area contributed by atoms with Crippen molar-refractivity contribution in [2.75, 3.05) is 5.32 Å². The highest BCUT2D eigenvalue weighted by atomic mass is 79.9. The number of nitrogens with one attached hydrogen (secondary N) is 1. The minimum atomic E-state index is -0.930. The van der Waals surface area contributed by atoms with Gasteiger partial charge in [-0.2, -0.15) is 0 Å². The van der Waals surface area contributed by atoms with Crippen molar-refractivity contribution >= 4 is 27.7 Å². The van der Waals surface area contributed by atoms with E-state index in [-0.39, 0.29) is 5.56 Å². The first-order chi connectivity index (χ1) is 10.1. The summed E-state index contributed by atoms with van der Waals surface area (Å²) in [5.41, 5.74) is 2.17. The highest BCUT2D eigenvalue weighted by molar-refractivity contribution is 9.10. The third-order valence-electron chi connectivity index (χ3n) is 2.99. The highest BCUT2D eigenvalue weighted by Crippen LogP contribution is 2.15. The van der Waals surface area contributed by atoms with Gasteiger partial charge < -0.3 is 10.4 Å². The van der Waals surface area contributed by atoms with E-state index >= 15 is 0 Å². The van der Waals surface area contributed by atoms with Gasteiger partial charge in [-0.1, -0.05) is 41.4 Å². The summed E-state index contributed by atoms with van der Waals surface area (Å²) < 4.78 is 1.01. The maximum absolute atomic E-state index is 11.2. The first-order valence-corrected chi connectivity index (χ1v) is 7.60. The van der Waals surface area contributed by atoms with Gasteiger partial charge in [0.15, 0.2) is 0 Å². The van der Waals surface area contributed by atoms with Gasteiger partial charge in [0.1, 0.15) is 5.82 Å². The first-order valence-electron chi connectivity index (χ1n) is 6.81. The maximum atomic E-state index is 11.2. The SMILES string of the molecule is CCCc1cc(C(=O)O)cc(NCc2cccc(Br)c2)n1. The molecule has 1 heterocycles. The fourth-order valence-electron chi connectivity index (χ4n) is 2.03. The van der Waals surface area contributed by atoms with Crippen LogP contribution in [0.15, 0.2) is 40.9 Å². The average molecular weight is 349 g/mol. The zero-order valence-corrected chi connectivity index (χ0v) is 13.4. The number of carboxylic acid groups (broad SMARTS) is 1. The zero-order valence-electron chi connectivity index (χ0n) is 11.8. The highest BCUT2D eigenvalue weighted by Gasteiger charge is 2.08. The number of hydrogen-bond acceptors (Lipinski definition) is 3. The van der Waals surface area contributed by atoms with Crippen LogP contribution in [0.1, 0.15) is 35.0 Å². The van der Waals surface area contributed by atoms with Gasteiger partial charge >= 0.3 is 5.97 Å². The largest absolute Gasteiger partial charge is 0.478 e. The van der Waals surface area contributed by atoms with Crippen LogP contribution in [0.4, 0.5) is 5.82 Å². The molecule has 0 bridgehead atoms. The van der Waals surface area contributed by atoms with E-state index < -0.39 is 5.97 Å². The number of nitrogens with zero attached hydrogens (tertiary/aromatic N) is 1. The Labute approximate surface area is 132 Å². The minimum absolute atomic E-state index is 0.269. The molecular weight excluding hydrogens is 332 g/mol. The summed E-state index contributed by atoms with van der Waals surface area (Å²) >= 11 is 3.43. The summed E-state index contributed by atoms with van der Waals surface area (Å²) in [4.78, 5) is 15.6. The van der Waals surface area contributed by atoms with E-state index in [1.807, 2.05) is 31.2 Å². The molecule has 0 fully saturated rings. The smallest absolute Gasteiger partial charge is 0.335 e. The molecule has 0 amide bonds. The zero-order chi connectivity index (χ0) is 15.2. The van der Waals surface area contributed by atoms with Crippen LogP contribution in [-0.4, -0.2) is 16.1 Å². The molecular formula is C16H17BrN2O2. The number of halogens is 1. The number of anilines is 1. The van der Waals surface area contributed by atoms with Crippen LogP contribution in [0, 0.1) is 0 Å². The Morgan fingerprint density at radius 2 is 2.14 bits per heavy atom. The molecule has 0 radical (unpaired) electrons. The standard InChI is InChI=1S/C16H17BrN2O2/c1-2-4-14-8-12(16(20)21)9-15(19-14)18-10-11-5-3-6-13(17)7-11/h3,5-9H,2,4,10H2,1H3,(H,18,19)(H,20,21). The third kappa shape index (κ3) is 4.56. The van der Waals surface area contributed by atoms with Crippen molar-refractivity contribution < 1.29 is 9.90 Å². The minimum Gasteiger partial charge on any atom is -0.478 e. The number of aromatic nitrogens is 1. The molecule has 0 saturated heterocycles. The molecule has 0 atom stereocenters. The van der Waals surface area contributed by atoms with Crippen LogP contribution in [0.3, 0.4) is 0 Å². The van der Waals surface area contributed by atoms with Gasteiger partial charge in [-0.05, 0) is 36.2 Å². The topological polar surface area (TPSA) is 62.2 Å². The molecule has 0 aliphatic rings. The first kappa shape index (κ1) is 15.5. The van der Waals surface area contributed by atoms with Crippen molar-refractivity contribution in [1.82, 2.24) is 4.98 Å². The molecule has 4 nitrogen and oxygen atoms in total. The molecule has 1 aromatic heterocycles. The Bertz CT molecular complexity index is 644. The number of pyridine rings is 1. The van der Waals surface area contributed by atoms with E-state index in [0.29, 0.717) is 12.4 Å². The third-order valence-corrected chi connectivity index (χ3v) is 3.49. The molecule has 5 heteroatoms. The summed E-state index contributed by atoms with van der Waals surface area (Å²) in [5.74, 6) is -0.335. The molecule has 110 valence electrons. The molecule has 0 spiro atoms. The monoisotopic (exact) mass is 348 g/mol. The molecule has 2 N–H and O–H groups in total. The van der Waals surface area contributed by atoms with E-state index in [9.17, 15) is 4.79 Å². The van der Waals surface area contributed by atoms with Crippen molar-refractivity contribution in [3.05, 3.63) is 57.7 Å². The maximum Gasteiger partial charge on any atom is 0.335 e. The lowest BCUT2D eigenvalue weighted by atomic mass is 10.1. The Hall–Kier alpha value is -1.88. The van der Waals surface area contributed by atoms with E-state index in [1.165, 1.54) is 0 Å². The quantitative estimate of drug-likeness (QED) is 0.824. The average Bonchev–Trinajstić information content (AvgIpc) is 2.45. The lowest BCUT2D eigenvalue weighted by Crippen LogP contribution is -2.06. The number of hydrogen-bond donors (Lipinski definition) is 2. The number of aryl methyl sites for hydroxylation is 1. The fraction of sp³-hybridized carbons (Fsp3) is 0.250. The molecule has 0 unspecified atom stereocenters. The van der Waals surface area contributed by atoms with Crippen LogP contribution in [0.2, 0.25) is 0 Å². The second-order valence-electron chi connectivity index (χ2n) is 4.77.